The third-order valence-electron chi connectivity index (χ3n) is 8.63. The molecule has 0 saturated heterocycles. The molecule has 214 valence electrons. The summed E-state index contributed by atoms with van der Waals surface area (Å²) in [5.74, 6) is 0.0964. The largest absolute Gasteiger partial charge is 0.436 e. The molecule has 6 aromatic carbocycles. The van der Waals surface area contributed by atoms with Gasteiger partial charge in [-0.05, 0) is 99.0 Å². The lowest BCUT2D eigenvalue weighted by Crippen LogP contribution is -2.14. The van der Waals surface area contributed by atoms with Crippen LogP contribution in [0, 0.1) is 0 Å². The zero-order chi connectivity index (χ0) is 37.1. The number of para-hydroxylation sites is 4. The number of aromatic nitrogens is 2. The molecule has 0 N–H and O–H groups in total. The Morgan fingerprint density at radius 2 is 1.04 bits per heavy atom. The Kier molecular flexibility index (Phi) is 4.03. The lowest BCUT2D eigenvalue weighted by Gasteiger charge is -2.22. The number of hydrogen-bond donors (Lipinski definition) is 0. The molecular weight excluding hydrogens is 552 g/mol. The Hall–Kier alpha value is -5.74. The Labute approximate surface area is 271 Å². The Balaban J connectivity index is 1.22. The molecule has 0 bridgehead atoms. The van der Waals surface area contributed by atoms with Crippen LogP contribution in [0.4, 0.5) is 0 Å². The van der Waals surface area contributed by atoms with E-state index in [-0.39, 0.29) is 63.6 Å². The maximum absolute atomic E-state index is 8.40. The highest BCUT2D eigenvalue weighted by atomic mass is 16.4. The van der Waals surface area contributed by atoms with Gasteiger partial charge in [-0.3, -0.25) is 0 Å². The molecule has 4 heteroatoms. The lowest BCUT2D eigenvalue weighted by molar-refractivity contribution is 0.617. The minimum absolute atomic E-state index is 0.00727. The maximum Gasteiger partial charge on any atom is 0.227 e. The quantitative estimate of drug-likeness (QED) is 0.205. The first-order valence-corrected chi connectivity index (χ1v) is 14.6. The van der Waals surface area contributed by atoms with Crippen LogP contribution < -0.4 is 0 Å². The zero-order valence-electron chi connectivity index (χ0n) is 32.3. The Morgan fingerprint density at radius 1 is 0.511 bits per heavy atom. The number of hydrogen-bond acceptors (Lipinski definition) is 4. The van der Waals surface area contributed by atoms with Crippen molar-refractivity contribution < 1.29 is 19.8 Å². The van der Waals surface area contributed by atoms with E-state index in [1.54, 1.807) is 6.07 Å². The average Bonchev–Trinajstić information content (AvgIpc) is 3.89. The molecule has 1 aliphatic rings. The molecule has 0 spiro atoms. The Bertz CT molecular complexity index is 2670. The van der Waals surface area contributed by atoms with Crippen LogP contribution in [0.5, 0.6) is 0 Å². The topological polar surface area (TPSA) is 52.1 Å². The van der Waals surface area contributed by atoms with Gasteiger partial charge in [0, 0.05) is 16.5 Å². The second-order valence-electron chi connectivity index (χ2n) is 11.7. The van der Waals surface area contributed by atoms with Crippen LogP contribution in [-0.2, 0) is 5.41 Å². The van der Waals surface area contributed by atoms with Crippen molar-refractivity contribution in [1.29, 1.82) is 0 Å². The van der Waals surface area contributed by atoms with Crippen LogP contribution >= 0.6 is 0 Å². The second kappa shape index (κ2) is 9.63. The highest BCUT2D eigenvalue weighted by Gasteiger charge is 2.35. The third-order valence-corrected chi connectivity index (χ3v) is 8.63. The van der Waals surface area contributed by atoms with Crippen LogP contribution in [0.2, 0.25) is 0 Å². The fourth-order valence-corrected chi connectivity index (χ4v) is 6.39. The van der Waals surface area contributed by atoms with E-state index >= 15 is 0 Å². The number of benzene rings is 6. The molecule has 45 heavy (non-hydrogen) atoms. The van der Waals surface area contributed by atoms with Crippen molar-refractivity contribution in [2.45, 2.75) is 19.3 Å². The van der Waals surface area contributed by atoms with E-state index in [1.807, 2.05) is 24.3 Å². The van der Waals surface area contributed by atoms with Crippen LogP contribution in [0.1, 0.15) is 35.9 Å². The smallest absolute Gasteiger partial charge is 0.227 e. The van der Waals surface area contributed by atoms with Crippen LogP contribution in [0.25, 0.3) is 78.5 Å². The van der Waals surface area contributed by atoms with Gasteiger partial charge in [0.05, 0.1) is 11.0 Å². The molecule has 0 radical (unpaired) electrons. The normalized spacial score (nSPS) is 15.8. The standard InChI is InChI=1S/C41H28N2O2/c1-41(2)33-13-4-3-12-31(33)32-19-18-27(24-34(32)41)25-10-9-11-26(20-25)28-21-29(39-42-35-14-5-7-16-37(35)44-39)23-30(22-28)40-43-36-15-6-8-17-38(36)45-40/h3-24H,1-2H3/i5D,6D,7D,8D,14D,15D,16D,17D. The molecule has 2 heterocycles. The Morgan fingerprint density at radius 3 is 1.73 bits per heavy atom. The molecule has 0 fully saturated rings. The highest BCUT2D eigenvalue weighted by Crippen LogP contribution is 2.49. The van der Waals surface area contributed by atoms with Gasteiger partial charge in [-0.25, -0.2) is 9.97 Å². The number of oxazole rings is 2. The van der Waals surface area contributed by atoms with Gasteiger partial charge in [0.15, 0.2) is 11.2 Å². The minimum Gasteiger partial charge on any atom is -0.436 e. The second-order valence-corrected chi connectivity index (χ2v) is 11.7. The monoisotopic (exact) mass is 588 g/mol. The summed E-state index contributed by atoms with van der Waals surface area (Å²) in [5.41, 5.74) is 9.10. The predicted molar refractivity (Wildman–Crippen MR) is 181 cm³/mol. The summed E-state index contributed by atoms with van der Waals surface area (Å²) < 4.78 is 78.1. The number of fused-ring (bicyclic) bond motifs is 5. The molecule has 8 aromatic rings. The van der Waals surface area contributed by atoms with E-state index in [0.29, 0.717) is 16.7 Å². The summed E-state index contributed by atoms with van der Waals surface area (Å²) in [6, 6.07) is 25.5. The molecule has 1 aliphatic carbocycles. The van der Waals surface area contributed by atoms with E-state index in [1.165, 1.54) is 22.3 Å². The number of nitrogens with zero attached hydrogens (tertiary/aromatic N) is 2. The summed E-state index contributed by atoms with van der Waals surface area (Å²) in [7, 11) is 0. The maximum atomic E-state index is 8.40. The van der Waals surface area contributed by atoms with Crippen molar-refractivity contribution >= 4 is 22.2 Å². The van der Waals surface area contributed by atoms with Crippen molar-refractivity contribution in [2.24, 2.45) is 0 Å². The summed E-state index contributed by atoms with van der Waals surface area (Å²) in [4.78, 5) is 9.00. The van der Waals surface area contributed by atoms with Gasteiger partial charge in [0.25, 0.3) is 0 Å². The first kappa shape index (κ1) is 18.8. The molecule has 0 saturated carbocycles. The van der Waals surface area contributed by atoms with Crippen molar-refractivity contribution in [3.8, 4) is 56.3 Å². The lowest BCUT2D eigenvalue weighted by atomic mass is 9.81. The first-order chi connectivity index (χ1) is 25.3. The van der Waals surface area contributed by atoms with Crippen LogP contribution in [0.15, 0.2) is 142 Å². The third kappa shape index (κ3) is 4.14. The summed E-state index contributed by atoms with van der Waals surface area (Å²) >= 11 is 0. The van der Waals surface area contributed by atoms with Crippen molar-refractivity contribution in [1.82, 2.24) is 9.97 Å². The molecule has 9 rings (SSSR count). The zero-order valence-corrected chi connectivity index (χ0v) is 24.3. The van der Waals surface area contributed by atoms with Gasteiger partial charge in [-0.15, -0.1) is 0 Å². The van der Waals surface area contributed by atoms with E-state index in [0.717, 1.165) is 16.7 Å². The fraction of sp³-hybridized carbons (Fsp3) is 0.0732. The minimum atomic E-state index is -0.429. The van der Waals surface area contributed by atoms with Crippen molar-refractivity contribution in [3.05, 3.63) is 144 Å². The molecule has 0 atom stereocenters. The molecule has 0 unspecified atom stereocenters. The van der Waals surface area contributed by atoms with Gasteiger partial charge >= 0.3 is 0 Å². The summed E-state index contributed by atoms with van der Waals surface area (Å²) in [5, 5.41) is 0. The SMILES string of the molecule is [2H]c1c([2H])c([2H])c2oc(-c3cc(-c4cccc(-c5ccc6c(c5)C(C)(C)c5ccccc5-6)c4)cc(-c4nc5c([2H])c([2H])c([2H])c([2H])c5o4)c3)nc2c1[2H]. The molecular formula is C41H28N2O2. The molecule has 0 amide bonds. The van der Waals surface area contributed by atoms with E-state index in [4.69, 9.17) is 19.8 Å². The van der Waals surface area contributed by atoms with Crippen molar-refractivity contribution in [2.75, 3.05) is 0 Å². The highest BCUT2D eigenvalue weighted by molar-refractivity contribution is 5.86. The number of rotatable bonds is 4. The van der Waals surface area contributed by atoms with Gasteiger partial charge in [-0.1, -0.05) is 92.6 Å². The van der Waals surface area contributed by atoms with Crippen LogP contribution in [0.3, 0.4) is 0 Å². The van der Waals surface area contributed by atoms with Gasteiger partial charge in [0.2, 0.25) is 11.8 Å². The van der Waals surface area contributed by atoms with Crippen LogP contribution in [-0.4, -0.2) is 9.97 Å². The summed E-state index contributed by atoms with van der Waals surface area (Å²) in [6.07, 6.45) is 0. The van der Waals surface area contributed by atoms with Gasteiger partial charge in [-0.2, -0.15) is 0 Å². The van der Waals surface area contributed by atoms with E-state index in [9.17, 15) is 0 Å². The van der Waals surface area contributed by atoms with Gasteiger partial charge in [0.1, 0.15) is 11.0 Å². The van der Waals surface area contributed by atoms with Gasteiger partial charge < -0.3 is 8.83 Å². The molecule has 2 aromatic heterocycles. The van der Waals surface area contributed by atoms with E-state index in [2.05, 4.69) is 78.4 Å². The first-order valence-electron chi connectivity index (χ1n) is 18.6. The van der Waals surface area contributed by atoms with Crippen molar-refractivity contribution in [3.63, 3.8) is 0 Å². The fourth-order valence-electron chi connectivity index (χ4n) is 6.39. The average molecular weight is 589 g/mol. The molecule has 0 aliphatic heterocycles. The summed E-state index contributed by atoms with van der Waals surface area (Å²) in [6.45, 7) is 4.49. The van der Waals surface area contributed by atoms with E-state index < -0.39 is 24.2 Å². The predicted octanol–water partition coefficient (Wildman–Crippen LogP) is 10.9. The molecule has 4 nitrogen and oxygen atoms in total.